The molecule has 3 saturated heterocycles. The molecule has 414 valence electrons. The van der Waals surface area contributed by atoms with Crippen LogP contribution in [0.2, 0.25) is 0 Å². The molecule has 6 N–H and O–H groups in total. The lowest BCUT2D eigenvalue weighted by atomic mass is 9.82. The van der Waals surface area contributed by atoms with E-state index in [1.165, 1.54) is 11.3 Å². The van der Waals surface area contributed by atoms with Crippen LogP contribution in [-0.4, -0.2) is 148 Å². The number of aliphatic hydroxyl groups excluding tert-OH is 1. The second-order valence-corrected chi connectivity index (χ2v) is 22.7. The minimum Gasteiger partial charge on any atom is -0.465 e. The lowest BCUT2D eigenvalue weighted by Gasteiger charge is -2.47. The second kappa shape index (κ2) is 23.2. The van der Waals surface area contributed by atoms with Crippen LogP contribution < -0.4 is 26.3 Å². The molecule has 0 radical (unpaired) electrons. The van der Waals surface area contributed by atoms with Crippen molar-refractivity contribution in [2.75, 3.05) is 44.9 Å². The maximum absolute atomic E-state index is 16.1. The van der Waals surface area contributed by atoms with Crippen LogP contribution in [0.3, 0.4) is 0 Å². The van der Waals surface area contributed by atoms with E-state index in [9.17, 15) is 42.6 Å². The maximum Gasteiger partial charge on any atom is 0.407 e. The number of fused-ring (bicyclic) bond motifs is 2. The van der Waals surface area contributed by atoms with Crippen LogP contribution in [-0.2, 0) is 32.0 Å². The molecule has 1 aliphatic carbocycles. The van der Waals surface area contributed by atoms with Crippen molar-refractivity contribution in [3.05, 3.63) is 93.6 Å². The molecule has 4 fully saturated rings. The Bertz CT molecular complexity index is 2810. The van der Waals surface area contributed by atoms with Gasteiger partial charge >= 0.3 is 18.4 Å². The van der Waals surface area contributed by atoms with Gasteiger partial charge in [-0.15, -0.1) is 10.2 Å². The standard InChI is InChI=1S/C53H63F5N10O8S/c1-51(2,3)43(61-49(72)73)46(71)65-67(25-37-38(54)20-33(21-39(37)55)48-64-63-47(77-48)32-14-15-32)26-41(69)40(60-45(70)44(62-50(74)75-6)52(4,5)53(56,57)58)19-30-10-7-29(8-11-30)9-12-31-13-18-42(59-22-31)66-23-34-16-17-35(24-66)68(34)36-27-76-28-36/h7-8,10-11,13,18,20-22,32,34-36,40-41,43-44,61,69H,14-17,19,23-28H2,1-6H3,(H,60,70)(H,62,74)(H,65,71)(H,72,73)/t34?,35?,40-,41-,43+,44+/m0/s1. The van der Waals surface area contributed by atoms with Crippen molar-refractivity contribution in [2.24, 2.45) is 10.8 Å². The van der Waals surface area contributed by atoms with E-state index in [4.69, 9.17) is 9.72 Å². The molecule has 24 heteroatoms. The monoisotopic (exact) mass is 1090 g/mol. The molecule has 2 aromatic carbocycles. The van der Waals surface area contributed by atoms with Crippen molar-refractivity contribution in [2.45, 2.75) is 128 Å². The predicted octanol–water partition coefficient (Wildman–Crippen LogP) is 6.12. The molecule has 4 aliphatic rings. The number of nitrogens with one attached hydrogen (secondary N) is 4. The summed E-state index contributed by atoms with van der Waals surface area (Å²) < 4.78 is 86.0. The molecule has 0 spiro atoms. The lowest BCUT2D eigenvalue weighted by molar-refractivity contribution is -0.220. The van der Waals surface area contributed by atoms with E-state index in [0.717, 1.165) is 87.1 Å². The van der Waals surface area contributed by atoms with Crippen molar-refractivity contribution < 1.29 is 60.8 Å². The number of alkyl carbamates (subject to hydrolysis) is 1. The number of nitrogens with zero attached hydrogens (tertiary/aromatic N) is 6. The van der Waals surface area contributed by atoms with Crippen LogP contribution in [0.5, 0.6) is 0 Å². The molecule has 2 aromatic heterocycles. The van der Waals surface area contributed by atoms with Crippen LogP contribution in [0, 0.1) is 34.3 Å². The van der Waals surface area contributed by atoms with E-state index >= 15 is 8.78 Å². The van der Waals surface area contributed by atoms with Gasteiger partial charge in [0, 0.05) is 72.6 Å². The summed E-state index contributed by atoms with van der Waals surface area (Å²) in [4.78, 5) is 62.0. The Balaban J connectivity index is 1.04. The van der Waals surface area contributed by atoms with Gasteiger partial charge in [0.05, 0.1) is 43.9 Å². The number of halogens is 5. The Morgan fingerprint density at radius 3 is 2.04 bits per heavy atom. The molecule has 18 nitrogen and oxygen atoms in total. The number of hydrogen-bond acceptors (Lipinski definition) is 14. The fourth-order valence-electron chi connectivity index (χ4n) is 9.78. The van der Waals surface area contributed by atoms with Gasteiger partial charge in [-0.1, -0.05) is 56.1 Å². The number of hydrazine groups is 1. The summed E-state index contributed by atoms with van der Waals surface area (Å²) in [6.07, 6.45) is -4.28. The summed E-state index contributed by atoms with van der Waals surface area (Å²) in [5, 5.41) is 38.5. The number of ether oxygens (including phenoxy) is 2. The number of aliphatic hydroxyl groups is 1. The van der Waals surface area contributed by atoms with Crippen molar-refractivity contribution in [1.82, 2.24) is 46.5 Å². The number of rotatable bonds is 18. The number of methoxy groups -OCH3 is 1. The Morgan fingerprint density at radius 1 is 0.857 bits per heavy atom. The van der Waals surface area contributed by atoms with Gasteiger partial charge in [0.2, 0.25) is 5.91 Å². The molecule has 1 saturated carbocycles. The Kier molecular flexibility index (Phi) is 17.1. The Hall–Kier alpha value is -6.52. The van der Waals surface area contributed by atoms with Gasteiger partial charge in [-0.25, -0.2) is 28.4 Å². The van der Waals surface area contributed by atoms with Crippen LogP contribution in [0.15, 0.2) is 54.7 Å². The zero-order chi connectivity index (χ0) is 55.6. The number of hydrogen-bond donors (Lipinski definition) is 6. The summed E-state index contributed by atoms with van der Waals surface area (Å²) in [6.45, 7) is 7.85. The fraction of sp³-hybridized carbons (Fsp3) is 0.528. The zero-order valence-electron chi connectivity index (χ0n) is 43.4. The number of amides is 4. The third kappa shape index (κ3) is 13.6. The topological polar surface area (TPSA) is 224 Å². The molecule has 8 rings (SSSR count). The summed E-state index contributed by atoms with van der Waals surface area (Å²) in [5.74, 6) is 2.78. The van der Waals surface area contributed by atoms with Gasteiger partial charge < -0.3 is 40.5 Å². The van der Waals surface area contributed by atoms with Gasteiger partial charge in [0.15, 0.2) is 0 Å². The Morgan fingerprint density at radius 2 is 1.49 bits per heavy atom. The number of benzene rings is 2. The van der Waals surface area contributed by atoms with Crippen molar-refractivity contribution in [3.63, 3.8) is 0 Å². The highest BCUT2D eigenvalue weighted by molar-refractivity contribution is 7.14. The van der Waals surface area contributed by atoms with E-state index in [0.29, 0.717) is 48.7 Å². The third-order valence-corrected chi connectivity index (χ3v) is 15.7. The molecule has 4 aromatic rings. The summed E-state index contributed by atoms with van der Waals surface area (Å²) in [7, 11) is 0.899. The number of pyridine rings is 1. The number of piperazine rings is 1. The predicted molar refractivity (Wildman–Crippen MR) is 273 cm³/mol. The van der Waals surface area contributed by atoms with E-state index < -0.39 is 95.5 Å². The quantitative estimate of drug-likeness (QED) is 0.0375. The summed E-state index contributed by atoms with van der Waals surface area (Å²) >= 11 is 1.20. The van der Waals surface area contributed by atoms with E-state index in [-0.39, 0.29) is 22.9 Å². The van der Waals surface area contributed by atoms with Crippen molar-refractivity contribution in [1.29, 1.82) is 0 Å². The minimum atomic E-state index is -5.06. The maximum atomic E-state index is 16.1. The largest absolute Gasteiger partial charge is 0.465 e. The van der Waals surface area contributed by atoms with E-state index in [1.807, 2.05) is 17.4 Å². The number of carbonyl (C=O) groups excluding carboxylic acids is 3. The molecule has 6 atom stereocenters. The first-order valence-corrected chi connectivity index (χ1v) is 26.1. The minimum absolute atomic E-state index is 0.0940. The highest BCUT2D eigenvalue weighted by Crippen LogP contribution is 2.43. The number of alkyl halides is 3. The lowest BCUT2D eigenvalue weighted by Crippen LogP contribution is -2.63. The van der Waals surface area contributed by atoms with E-state index in [1.54, 1.807) is 51.2 Å². The van der Waals surface area contributed by atoms with Crippen LogP contribution in [0.4, 0.5) is 37.4 Å². The SMILES string of the molecule is COC(=O)N[C@H](C(=O)N[C@@H](Cc1ccc(C#Cc2ccc(N3CC4CCC(C3)N4C3COC3)nc2)cc1)[C@@H](O)CN(Cc1c(F)cc(-c2nnc(C3CC3)s2)cc1F)NC(=O)[C@@H](NC(=O)O)C(C)(C)C)C(C)(C)C(F)(F)F. The van der Waals surface area contributed by atoms with Gasteiger partial charge in [-0.05, 0) is 93.3 Å². The second-order valence-electron chi connectivity index (χ2n) is 21.7. The third-order valence-electron chi connectivity index (χ3n) is 14.5. The van der Waals surface area contributed by atoms with Gasteiger partial charge in [0.1, 0.15) is 39.6 Å². The van der Waals surface area contributed by atoms with Crippen LogP contribution >= 0.6 is 11.3 Å². The van der Waals surface area contributed by atoms with Crippen molar-refractivity contribution >= 4 is 41.2 Å². The number of carbonyl (C=O) groups is 4. The molecule has 77 heavy (non-hydrogen) atoms. The van der Waals surface area contributed by atoms with Crippen molar-refractivity contribution in [3.8, 4) is 22.4 Å². The average Bonchev–Trinajstić information content (AvgIpc) is 4.04. The van der Waals surface area contributed by atoms with E-state index in [2.05, 4.69) is 52.6 Å². The van der Waals surface area contributed by atoms with Crippen LogP contribution in [0.25, 0.3) is 10.6 Å². The van der Waals surface area contributed by atoms with Gasteiger partial charge in [-0.2, -0.15) is 13.2 Å². The first-order valence-electron chi connectivity index (χ1n) is 25.3. The van der Waals surface area contributed by atoms with Gasteiger partial charge in [-0.3, -0.25) is 19.9 Å². The molecule has 4 amide bonds. The first kappa shape index (κ1) is 56.7. The Labute approximate surface area is 446 Å². The molecule has 3 aliphatic heterocycles. The average molecular weight is 1100 g/mol. The molecule has 2 bridgehead atoms. The van der Waals surface area contributed by atoms with Gasteiger partial charge in [0.25, 0.3) is 5.91 Å². The molecular formula is C53H63F5N10O8S. The van der Waals surface area contributed by atoms with Crippen LogP contribution in [0.1, 0.15) is 93.5 Å². The highest BCUT2D eigenvalue weighted by atomic mass is 32.1. The first-order chi connectivity index (χ1) is 36.4. The number of aromatic nitrogens is 3. The summed E-state index contributed by atoms with van der Waals surface area (Å²) in [6, 6.07) is 8.56. The molecule has 5 heterocycles. The summed E-state index contributed by atoms with van der Waals surface area (Å²) in [5.41, 5.74) is -0.368. The smallest absolute Gasteiger partial charge is 0.407 e. The normalized spacial score (nSPS) is 19.5. The number of carboxylic acid groups (broad SMARTS) is 1. The number of anilines is 1. The molecule has 2 unspecified atom stereocenters. The fourth-order valence-corrected chi connectivity index (χ4v) is 10.8. The molecular weight excluding hydrogens is 1030 g/mol. The zero-order valence-corrected chi connectivity index (χ0v) is 44.2. The highest BCUT2D eigenvalue weighted by Gasteiger charge is 2.56.